The van der Waals surface area contributed by atoms with E-state index in [-0.39, 0.29) is 12.1 Å². The van der Waals surface area contributed by atoms with Gasteiger partial charge in [0.2, 0.25) is 0 Å². The fraction of sp³-hybridized carbons (Fsp3) is 0.278. The second kappa shape index (κ2) is 6.93. The summed E-state index contributed by atoms with van der Waals surface area (Å²) >= 11 is 0. The van der Waals surface area contributed by atoms with Crippen LogP contribution in [0.15, 0.2) is 48.5 Å². The monoisotopic (exact) mass is 284 g/mol. The van der Waals surface area contributed by atoms with Gasteiger partial charge in [-0.1, -0.05) is 35.4 Å². The van der Waals surface area contributed by atoms with Crippen molar-refractivity contribution in [3.05, 3.63) is 65.2 Å². The van der Waals surface area contributed by atoms with E-state index in [0.29, 0.717) is 12.2 Å². The van der Waals surface area contributed by atoms with Crippen molar-refractivity contribution >= 4 is 5.97 Å². The Labute approximate surface area is 125 Å². The number of benzene rings is 2. The van der Waals surface area contributed by atoms with E-state index in [1.165, 1.54) is 5.56 Å². The lowest BCUT2D eigenvalue weighted by atomic mass is 10.1. The number of rotatable bonds is 5. The molecule has 21 heavy (non-hydrogen) atoms. The Bertz CT molecular complexity index is 585. The van der Waals surface area contributed by atoms with Crippen molar-refractivity contribution in [2.75, 3.05) is 6.61 Å². The fourth-order valence-corrected chi connectivity index (χ4v) is 1.82. The summed E-state index contributed by atoms with van der Waals surface area (Å²) in [7, 11) is 0. The molecular formula is C18H20O3. The Morgan fingerprint density at radius 2 is 1.48 bits per heavy atom. The van der Waals surface area contributed by atoms with Crippen molar-refractivity contribution in [1.82, 2.24) is 0 Å². The minimum absolute atomic E-state index is 0.305. The molecule has 0 aliphatic carbocycles. The normalized spacial score (nSPS) is 11.8. The molecule has 0 aliphatic heterocycles. The lowest BCUT2D eigenvalue weighted by Gasteiger charge is -2.14. The van der Waals surface area contributed by atoms with Gasteiger partial charge in [0, 0.05) is 0 Å². The topological polar surface area (TPSA) is 35.5 Å². The zero-order chi connectivity index (χ0) is 15.2. The highest BCUT2D eigenvalue weighted by atomic mass is 16.6. The summed E-state index contributed by atoms with van der Waals surface area (Å²) in [5.74, 6) is 0.453. The van der Waals surface area contributed by atoms with E-state index in [4.69, 9.17) is 9.47 Å². The highest BCUT2D eigenvalue weighted by Gasteiger charge is 2.12. The maximum absolute atomic E-state index is 11.9. The van der Waals surface area contributed by atoms with Gasteiger partial charge in [-0.3, -0.25) is 0 Å². The molecule has 3 nitrogen and oxygen atoms in total. The summed E-state index contributed by atoms with van der Waals surface area (Å²) in [5.41, 5.74) is 2.85. The number of esters is 1. The van der Waals surface area contributed by atoms with Gasteiger partial charge in [0.15, 0.2) is 0 Å². The fourth-order valence-electron chi connectivity index (χ4n) is 1.82. The van der Waals surface area contributed by atoms with Crippen LogP contribution in [-0.4, -0.2) is 18.7 Å². The lowest BCUT2D eigenvalue weighted by Crippen LogP contribution is -2.22. The number of aryl methyl sites for hydroxylation is 2. The molecule has 0 saturated carbocycles. The van der Waals surface area contributed by atoms with Gasteiger partial charge < -0.3 is 9.47 Å². The van der Waals surface area contributed by atoms with Crippen molar-refractivity contribution in [3.63, 3.8) is 0 Å². The van der Waals surface area contributed by atoms with E-state index < -0.39 is 0 Å². The Morgan fingerprint density at radius 3 is 2.05 bits per heavy atom. The molecule has 1 unspecified atom stereocenters. The van der Waals surface area contributed by atoms with Crippen LogP contribution in [0.3, 0.4) is 0 Å². The molecule has 0 heterocycles. The number of carbonyl (C=O) groups is 1. The van der Waals surface area contributed by atoms with Crippen LogP contribution in [0.2, 0.25) is 0 Å². The first-order valence-electron chi connectivity index (χ1n) is 7.02. The van der Waals surface area contributed by atoms with Crippen LogP contribution in [0.25, 0.3) is 0 Å². The summed E-state index contributed by atoms with van der Waals surface area (Å²) < 4.78 is 11.0. The van der Waals surface area contributed by atoms with E-state index in [2.05, 4.69) is 0 Å². The molecule has 2 aromatic rings. The second-order valence-electron chi connectivity index (χ2n) is 5.21. The number of carbonyl (C=O) groups excluding carboxylic acids is 1. The van der Waals surface area contributed by atoms with Crippen LogP contribution in [0.1, 0.15) is 28.4 Å². The lowest BCUT2D eigenvalue weighted by molar-refractivity contribution is 0.0228. The molecule has 0 amide bonds. The zero-order valence-corrected chi connectivity index (χ0v) is 12.6. The third-order valence-electron chi connectivity index (χ3n) is 3.10. The van der Waals surface area contributed by atoms with Crippen LogP contribution in [0.4, 0.5) is 0 Å². The minimum Gasteiger partial charge on any atom is -0.490 e. The van der Waals surface area contributed by atoms with Gasteiger partial charge >= 0.3 is 5.97 Å². The number of hydrogen-bond donors (Lipinski definition) is 0. The van der Waals surface area contributed by atoms with E-state index in [1.54, 1.807) is 12.1 Å². The van der Waals surface area contributed by atoms with Gasteiger partial charge in [-0.05, 0) is 45.0 Å². The van der Waals surface area contributed by atoms with E-state index >= 15 is 0 Å². The van der Waals surface area contributed by atoms with Gasteiger partial charge in [0.05, 0.1) is 5.56 Å². The summed E-state index contributed by atoms with van der Waals surface area (Å²) in [4.78, 5) is 11.9. The molecule has 2 rings (SSSR count). The molecule has 1 atom stereocenters. The molecule has 0 fully saturated rings. The highest BCUT2D eigenvalue weighted by molar-refractivity contribution is 5.89. The molecule has 3 heteroatoms. The Morgan fingerprint density at radius 1 is 0.952 bits per heavy atom. The van der Waals surface area contributed by atoms with Gasteiger partial charge in [-0.25, -0.2) is 4.79 Å². The van der Waals surface area contributed by atoms with Gasteiger partial charge in [-0.15, -0.1) is 0 Å². The van der Waals surface area contributed by atoms with E-state index in [1.807, 2.05) is 57.2 Å². The predicted molar refractivity (Wildman–Crippen MR) is 82.7 cm³/mol. The molecule has 0 aliphatic rings. The van der Waals surface area contributed by atoms with Crippen LogP contribution in [0, 0.1) is 13.8 Å². The maximum atomic E-state index is 11.9. The quantitative estimate of drug-likeness (QED) is 0.780. The van der Waals surface area contributed by atoms with Crippen LogP contribution < -0.4 is 4.74 Å². The Hall–Kier alpha value is -2.29. The third kappa shape index (κ3) is 4.63. The average molecular weight is 284 g/mol. The zero-order valence-electron chi connectivity index (χ0n) is 12.6. The summed E-state index contributed by atoms with van der Waals surface area (Å²) in [6.45, 7) is 6.16. The summed E-state index contributed by atoms with van der Waals surface area (Å²) in [6, 6.07) is 15.1. The first kappa shape index (κ1) is 15.1. The Balaban J connectivity index is 1.83. The molecule has 0 N–H and O–H groups in total. The third-order valence-corrected chi connectivity index (χ3v) is 3.10. The largest absolute Gasteiger partial charge is 0.490 e. The van der Waals surface area contributed by atoms with Gasteiger partial charge in [-0.2, -0.15) is 0 Å². The summed E-state index contributed by atoms with van der Waals surface area (Å²) in [6.07, 6.45) is -0.305. The minimum atomic E-state index is -0.324. The van der Waals surface area contributed by atoms with Crippen LogP contribution in [0.5, 0.6) is 5.75 Å². The van der Waals surface area contributed by atoms with Crippen molar-refractivity contribution in [3.8, 4) is 5.75 Å². The summed E-state index contributed by atoms with van der Waals surface area (Å²) in [5, 5.41) is 0. The van der Waals surface area contributed by atoms with Gasteiger partial charge in [0.1, 0.15) is 18.5 Å². The molecule has 0 spiro atoms. The SMILES string of the molecule is Cc1ccc(OCC(C)OC(=O)c2ccc(C)cc2)cc1. The van der Waals surface area contributed by atoms with Gasteiger partial charge in [0.25, 0.3) is 0 Å². The highest BCUT2D eigenvalue weighted by Crippen LogP contribution is 2.12. The Kier molecular flexibility index (Phi) is 4.99. The molecule has 0 radical (unpaired) electrons. The predicted octanol–water partition coefficient (Wildman–Crippen LogP) is 3.93. The molecule has 110 valence electrons. The van der Waals surface area contributed by atoms with Crippen LogP contribution >= 0.6 is 0 Å². The molecular weight excluding hydrogens is 264 g/mol. The van der Waals surface area contributed by atoms with Crippen LogP contribution in [-0.2, 0) is 4.74 Å². The van der Waals surface area contributed by atoms with Crippen molar-refractivity contribution in [2.24, 2.45) is 0 Å². The molecule has 0 bridgehead atoms. The maximum Gasteiger partial charge on any atom is 0.338 e. The van der Waals surface area contributed by atoms with E-state index in [9.17, 15) is 4.79 Å². The van der Waals surface area contributed by atoms with Crippen molar-refractivity contribution in [1.29, 1.82) is 0 Å². The van der Waals surface area contributed by atoms with Crippen molar-refractivity contribution < 1.29 is 14.3 Å². The second-order valence-corrected chi connectivity index (χ2v) is 5.21. The average Bonchev–Trinajstić information content (AvgIpc) is 2.47. The first-order valence-corrected chi connectivity index (χ1v) is 7.02. The molecule has 2 aromatic carbocycles. The molecule has 0 aromatic heterocycles. The van der Waals surface area contributed by atoms with Crippen molar-refractivity contribution in [2.45, 2.75) is 26.9 Å². The number of hydrogen-bond acceptors (Lipinski definition) is 3. The molecule has 0 saturated heterocycles. The number of ether oxygens (including phenoxy) is 2. The standard InChI is InChI=1S/C18H20O3/c1-13-4-8-16(9-5-13)18(19)21-15(3)12-20-17-10-6-14(2)7-11-17/h4-11,15H,12H2,1-3H3. The van der Waals surface area contributed by atoms with E-state index in [0.717, 1.165) is 11.3 Å². The first-order chi connectivity index (χ1) is 10.0. The smallest absolute Gasteiger partial charge is 0.338 e.